The number of rotatable bonds is 5. The fourth-order valence-corrected chi connectivity index (χ4v) is 1.82. The molecule has 0 bridgehead atoms. The van der Waals surface area contributed by atoms with Gasteiger partial charge in [0.1, 0.15) is 6.61 Å². The van der Waals surface area contributed by atoms with Gasteiger partial charge in [-0.15, -0.1) is 0 Å². The van der Waals surface area contributed by atoms with Crippen LogP contribution in [0.3, 0.4) is 0 Å². The van der Waals surface area contributed by atoms with Gasteiger partial charge in [0.25, 0.3) is 5.69 Å². The van der Waals surface area contributed by atoms with Crippen molar-refractivity contribution in [1.82, 2.24) is 4.98 Å². The second-order valence-corrected chi connectivity index (χ2v) is 4.41. The first-order valence-corrected chi connectivity index (χ1v) is 6.10. The van der Waals surface area contributed by atoms with Crippen molar-refractivity contribution in [3.63, 3.8) is 0 Å². The Morgan fingerprint density at radius 1 is 1.43 bits per heavy atom. The van der Waals surface area contributed by atoms with E-state index in [1.807, 2.05) is 0 Å². The van der Waals surface area contributed by atoms with Crippen LogP contribution in [0.1, 0.15) is 16.1 Å². The van der Waals surface area contributed by atoms with Gasteiger partial charge in [-0.3, -0.25) is 10.1 Å². The molecule has 0 amide bonds. The molecule has 1 aromatic carbocycles. The third kappa shape index (κ3) is 3.46. The van der Waals surface area contributed by atoms with Crippen LogP contribution in [0.2, 0.25) is 5.02 Å². The quantitative estimate of drug-likeness (QED) is 0.673. The summed E-state index contributed by atoms with van der Waals surface area (Å²) in [6.45, 7) is -0.167. The number of aromatic carboxylic acids is 1. The predicted molar refractivity (Wildman–Crippen MR) is 73.6 cm³/mol. The minimum absolute atomic E-state index is 0.0363. The molecule has 0 saturated carbocycles. The summed E-state index contributed by atoms with van der Waals surface area (Å²) in [7, 11) is 0. The van der Waals surface area contributed by atoms with Crippen molar-refractivity contribution in [2.24, 2.45) is 0 Å². The molecule has 0 aliphatic heterocycles. The number of ether oxygens (including phenoxy) is 1. The van der Waals surface area contributed by atoms with Crippen LogP contribution in [0.4, 0.5) is 5.69 Å². The number of carbonyl (C=O) groups is 1. The Bertz CT molecular complexity index is 705. The molecule has 0 aliphatic carbocycles. The summed E-state index contributed by atoms with van der Waals surface area (Å²) >= 11 is 5.71. The first-order chi connectivity index (χ1) is 9.99. The number of hydrogen-bond donors (Lipinski definition) is 1. The zero-order valence-corrected chi connectivity index (χ0v) is 11.3. The van der Waals surface area contributed by atoms with Gasteiger partial charge in [-0.25, -0.2) is 9.78 Å². The average Bonchev–Trinajstić information content (AvgIpc) is 2.46. The Balaban J connectivity index is 2.25. The number of benzene rings is 1. The molecule has 0 aliphatic rings. The first kappa shape index (κ1) is 14.7. The fraction of sp³-hybridized carbons (Fsp3) is 0.0769. The molecule has 0 unspecified atom stereocenters. The summed E-state index contributed by atoms with van der Waals surface area (Å²) in [5.74, 6) is -1.20. The lowest BCUT2D eigenvalue weighted by atomic mass is 10.2. The van der Waals surface area contributed by atoms with E-state index >= 15 is 0 Å². The normalized spacial score (nSPS) is 10.1. The molecule has 0 fully saturated rings. The van der Waals surface area contributed by atoms with Crippen LogP contribution >= 0.6 is 11.6 Å². The van der Waals surface area contributed by atoms with Crippen LogP contribution < -0.4 is 4.74 Å². The van der Waals surface area contributed by atoms with E-state index in [4.69, 9.17) is 21.4 Å². The fourth-order valence-electron chi connectivity index (χ4n) is 1.65. The van der Waals surface area contributed by atoms with Gasteiger partial charge < -0.3 is 9.84 Å². The van der Waals surface area contributed by atoms with Crippen molar-refractivity contribution in [2.45, 2.75) is 6.61 Å². The largest absolute Gasteiger partial charge is 0.486 e. The Kier molecular flexibility index (Phi) is 4.34. The van der Waals surface area contributed by atoms with E-state index in [0.29, 0.717) is 0 Å². The van der Waals surface area contributed by atoms with E-state index in [9.17, 15) is 14.9 Å². The number of pyridine rings is 1. The molecule has 2 aromatic rings. The molecular formula is C13H9ClN2O5. The van der Waals surface area contributed by atoms with Gasteiger partial charge in [0.05, 0.1) is 10.5 Å². The topological polar surface area (TPSA) is 103 Å². The summed E-state index contributed by atoms with van der Waals surface area (Å²) < 4.78 is 5.32. The molecular weight excluding hydrogens is 300 g/mol. The monoisotopic (exact) mass is 308 g/mol. The third-order valence-corrected chi connectivity index (χ3v) is 2.84. The lowest BCUT2D eigenvalue weighted by Gasteiger charge is -2.08. The van der Waals surface area contributed by atoms with E-state index in [0.717, 1.165) is 0 Å². The van der Waals surface area contributed by atoms with Gasteiger partial charge in [-0.1, -0.05) is 11.6 Å². The zero-order valence-electron chi connectivity index (χ0n) is 10.5. The van der Waals surface area contributed by atoms with Gasteiger partial charge in [-0.05, 0) is 24.3 Å². The van der Waals surface area contributed by atoms with E-state index in [2.05, 4.69) is 4.98 Å². The first-order valence-electron chi connectivity index (χ1n) is 5.73. The Labute approximate surface area is 123 Å². The van der Waals surface area contributed by atoms with Crippen molar-refractivity contribution in [3.05, 3.63) is 62.9 Å². The number of carboxylic acid groups (broad SMARTS) is 1. The van der Waals surface area contributed by atoms with Crippen LogP contribution in [0, 0.1) is 10.1 Å². The molecule has 0 spiro atoms. The van der Waals surface area contributed by atoms with Crippen molar-refractivity contribution < 1.29 is 19.6 Å². The summed E-state index contributed by atoms with van der Waals surface area (Å²) in [6, 6.07) is 7.10. The number of carboxylic acids is 1. The molecule has 7 nitrogen and oxygen atoms in total. The molecule has 0 atom stereocenters. The maximum Gasteiger partial charge on any atom is 0.358 e. The number of halogens is 1. The smallest absolute Gasteiger partial charge is 0.358 e. The van der Waals surface area contributed by atoms with Crippen molar-refractivity contribution >= 4 is 23.3 Å². The summed E-state index contributed by atoms with van der Waals surface area (Å²) in [6.07, 6.45) is 1.32. The van der Waals surface area contributed by atoms with E-state index < -0.39 is 10.9 Å². The minimum Gasteiger partial charge on any atom is -0.486 e. The summed E-state index contributed by atoms with van der Waals surface area (Å²) in [5.41, 5.74) is -0.165. The third-order valence-electron chi connectivity index (χ3n) is 2.60. The second-order valence-electron chi connectivity index (χ2n) is 3.97. The Morgan fingerprint density at radius 2 is 2.19 bits per heavy atom. The molecule has 1 heterocycles. The van der Waals surface area contributed by atoms with Crippen LogP contribution in [-0.2, 0) is 6.61 Å². The molecule has 21 heavy (non-hydrogen) atoms. The highest BCUT2D eigenvalue weighted by Gasteiger charge is 2.17. The minimum atomic E-state index is -1.24. The molecule has 1 N–H and O–H groups in total. The van der Waals surface area contributed by atoms with Crippen LogP contribution in [0.5, 0.6) is 5.75 Å². The number of hydrogen-bond acceptors (Lipinski definition) is 5. The van der Waals surface area contributed by atoms with Crippen molar-refractivity contribution in [2.75, 3.05) is 0 Å². The van der Waals surface area contributed by atoms with Crippen LogP contribution in [0.15, 0.2) is 36.5 Å². The highest BCUT2D eigenvalue weighted by Crippen LogP contribution is 2.25. The summed E-state index contributed by atoms with van der Waals surface area (Å²) in [4.78, 5) is 25.0. The number of nitrogens with zero attached hydrogens (tertiary/aromatic N) is 2. The number of nitro benzene ring substituents is 1. The zero-order chi connectivity index (χ0) is 15.4. The van der Waals surface area contributed by atoms with Gasteiger partial charge in [0, 0.05) is 17.3 Å². The Hall–Kier alpha value is -2.67. The van der Waals surface area contributed by atoms with Gasteiger partial charge >= 0.3 is 5.97 Å². The summed E-state index contributed by atoms with van der Waals surface area (Å²) in [5, 5.41) is 20.2. The highest BCUT2D eigenvalue weighted by atomic mass is 35.5. The molecule has 0 saturated heterocycles. The maximum absolute atomic E-state index is 11.0. The maximum atomic E-state index is 11.0. The van der Waals surface area contributed by atoms with Crippen LogP contribution in [0.25, 0.3) is 0 Å². The van der Waals surface area contributed by atoms with Crippen molar-refractivity contribution in [1.29, 1.82) is 0 Å². The van der Waals surface area contributed by atoms with Gasteiger partial charge in [-0.2, -0.15) is 0 Å². The number of nitro groups is 1. The SMILES string of the molecule is O=C(O)c1ncccc1OCc1ccc(Cl)cc1[N+](=O)[O-]. The molecule has 1 aromatic heterocycles. The standard InChI is InChI=1S/C13H9ClN2O5/c14-9-4-3-8(10(6-9)16(19)20)7-21-11-2-1-5-15-12(11)13(17)18/h1-6H,7H2,(H,17,18). The van der Waals surface area contributed by atoms with Crippen molar-refractivity contribution in [3.8, 4) is 5.75 Å². The van der Waals surface area contributed by atoms with Gasteiger partial charge in [0.2, 0.25) is 0 Å². The lowest BCUT2D eigenvalue weighted by Crippen LogP contribution is -2.06. The number of aromatic nitrogens is 1. The predicted octanol–water partition coefficient (Wildman–Crippen LogP) is 2.92. The van der Waals surface area contributed by atoms with E-state index in [1.54, 1.807) is 0 Å². The molecule has 8 heteroatoms. The second kappa shape index (κ2) is 6.19. The average molecular weight is 309 g/mol. The molecule has 108 valence electrons. The van der Waals surface area contributed by atoms with Crippen LogP contribution in [-0.4, -0.2) is 21.0 Å². The van der Waals surface area contributed by atoms with Gasteiger partial charge in [0.15, 0.2) is 11.4 Å². The Morgan fingerprint density at radius 3 is 2.86 bits per heavy atom. The van der Waals surface area contributed by atoms with E-state index in [-0.39, 0.29) is 34.3 Å². The highest BCUT2D eigenvalue weighted by molar-refractivity contribution is 6.30. The molecule has 2 rings (SSSR count). The molecule has 0 radical (unpaired) electrons. The van der Waals surface area contributed by atoms with E-state index in [1.165, 1.54) is 36.5 Å². The lowest BCUT2D eigenvalue weighted by molar-refractivity contribution is -0.385.